The Morgan fingerprint density at radius 1 is 0.914 bits per heavy atom. The first-order chi connectivity index (χ1) is 17.0. The third-order valence-electron chi connectivity index (χ3n) is 5.14. The van der Waals surface area contributed by atoms with Gasteiger partial charge < -0.3 is 19.5 Å². The molecule has 35 heavy (non-hydrogen) atoms. The first-order valence-corrected chi connectivity index (χ1v) is 11.1. The highest BCUT2D eigenvalue weighted by Gasteiger charge is 2.10. The first-order valence-electron chi connectivity index (χ1n) is 11.1. The lowest BCUT2D eigenvalue weighted by atomic mass is 10.1. The number of ether oxygens (including phenoxy) is 3. The molecule has 2 N–H and O–H groups in total. The third kappa shape index (κ3) is 7.89. The summed E-state index contributed by atoms with van der Waals surface area (Å²) in [6.45, 7) is 1.84. The molecular formula is C27H29N3O5. The highest BCUT2D eigenvalue weighted by atomic mass is 16.5. The number of rotatable bonds is 11. The summed E-state index contributed by atoms with van der Waals surface area (Å²) < 4.78 is 16.0. The Balaban J connectivity index is 1.43. The van der Waals surface area contributed by atoms with Gasteiger partial charge in [0.2, 0.25) is 5.91 Å². The van der Waals surface area contributed by atoms with Crippen molar-refractivity contribution >= 4 is 18.0 Å². The molecule has 8 nitrogen and oxygen atoms in total. The number of amides is 2. The molecule has 0 radical (unpaired) electrons. The SMILES string of the molecule is COc1ccc(CC(=O)N/N=C\c2ccc(OCC(=O)N[C@@H](C)c3ccccc3)cc2)cc1OC. The fraction of sp³-hybridized carbons (Fsp3) is 0.222. The predicted molar refractivity (Wildman–Crippen MR) is 134 cm³/mol. The number of hydrogen-bond acceptors (Lipinski definition) is 6. The van der Waals surface area contributed by atoms with Crippen molar-refractivity contribution in [2.75, 3.05) is 20.8 Å². The van der Waals surface area contributed by atoms with Crippen molar-refractivity contribution < 1.29 is 23.8 Å². The number of carbonyl (C=O) groups excluding carboxylic acids is 2. The molecule has 2 amide bonds. The lowest BCUT2D eigenvalue weighted by molar-refractivity contribution is -0.123. The molecule has 0 aliphatic rings. The first kappa shape index (κ1) is 25.3. The van der Waals surface area contributed by atoms with Crippen LogP contribution in [0.5, 0.6) is 17.2 Å². The smallest absolute Gasteiger partial charge is 0.258 e. The Hall–Kier alpha value is -4.33. The number of hydrogen-bond donors (Lipinski definition) is 2. The zero-order valence-corrected chi connectivity index (χ0v) is 20.0. The van der Waals surface area contributed by atoms with Crippen LogP contribution in [0.4, 0.5) is 0 Å². The summed E-state index contributed by atoms with van der Waals surface area (Å²) in [6.07, 6.45) is 1.68. The largest absolute Gasteiger partial charge is 0.493 e. The molecular weight excluding hydrogens is 446 g/mol. The van der Waals surface area contributed by atoms with Crippen LogP contribution in [0.25, 0.3) is 0 Å². The average Bonchev–Trinajstić information content (AvgIpc) is 2.88. The van der Waals surface area contributed by atoms with E-state index in [2.05, 4.69) is 15.8 Å². The van der Waals surface area contributed by atoms with Crippen molar-refractivity contribution in [1.82, 2.24) is 10.7 Å². The van der Waals surface area contributed by atoms with Gasteiger partial charge in [-0.15, -0.1) is 0 Å². The van der Waals surface area contributed by atoms with Gasteiger partial charge in [-0.3, -0.25) is 9.59 Å². The Bertz CT molecular complexity index is 1150. The Morgan fingerprint density at radius 3 is 2.31 bits per heavy atom. The van der Waals surface area contributed by atoms with E-state index in [1.165, 1.54) is 6.21 Å². The summed E-state index contributed by atoms with van der Waals surface area (Å²) in [5.74, 6) is 1.26. The number of carbonyl (C=O) groups is 2. The summed E-state index contributed by atoms with van der Waals surface area (Å²) in [7, 11) is 3.10. The molecule has 3 aromatic carbocycles. The van der Waals surface area contributed by atoms with E-state index in [0.717, 1.165) is 16.7 Å². The van der Waals surface area contributed by atoms with Gasteiger partial charge in [-0.25, -0.2) is 5.43 Å². The van der Waals surface area contributed by atoms with Gasteiger partial charge in [0, 0.05) is 0 Å². The molecule has 0 spiro atoms. The van der Waals surface area contributed by atoms with Gasteiger partial charge in [-0.05, 0) is 60.0 Å². The second kappa shape index (κ2) is 12.8. The zero-order valence-electron chi connectivity index (χ0n) is 20.0. The number of nitrogens with one attached hydrogen (secondary N) is 2. The maximum atomic E-state index is 12.2. The molecule has 0 aliphatic carbocycles. The molecule has 0 unspecified atom stereocenters. The molecule has 3 aromatic rings. The molecule has 3 rings (SSSR count). The normalized spacial score (nSPS) is 11.5. The second-order valence-corrected chi connectivity index (χ2v) is 7.72. The van der Waals surface area contributed by atoms with Crippen LogP contribution in [0.15, 0.2) is 77.9 Å². The van der Waals surface area contributed by atoms with Gasteiger partial charge in [0.1, 0.15) is 5.75 Å². The van der Waals surface area contributed by atoms with Crippen molar-refractivity contribution in [3.8, 4) is 17.2 Å². The highest BCUT2D eigenvalue weighted by molar-refractivity contribution is 5.83. The zero-order chi connectivity index (χ0) is 25.0. The van der Waals surface area contributed by atoms with E-state index < -0.39 is 0 Å². The summed E-state index contributed by atoms with van der Waals surface area (Å²) >= 11 is 0. The van der Waals surface area contributed by atoms with Crippen LogP contribution in [-0.4, -0.2) is 38.9 Å². The van der Waals surface area contributed by atoms with Crippen LogP contribution in [-0.2, 0) is 16.0 Å². The lowest BCUT2D eigenvalue weighted by Crippen LogP contribution is -2.31. The molecule has 0 saturated carbocycles. The van der Waals surface area contributed by atoms with Gasteiger partial charge in [-0.2, -0.15) is 5.10 Å². The third-order valence-corrected chi connectivity index (χ3v) is 5.14. The minimum absolute atomic E-state index is 0.0865. The van der Waals surface area contributed by atoms with Gasteiger partial charge in [0.15, 0.2) is 18.1 Å². The van der Waals surface area contributed by atoms with Gasteiger partial charge in [-0.1, -0.05) is 36.4 Å². The highest BCUT2D eigenvalue weighted by Crippen LogP contribution is 2.27. The number of benzene rings is 3. The van der Waals surface area contributed by atoms with E-state index in [-0.39, 0.29) is 30.9 Å². The Labute approximate surface area is 204 Å². The molecule has 0 bridgehead atoms. The Kier molecular flexibility index (Phi) is 9.24. The van der Waals surface area contributed by atoms with Crippen LogP contribution in [0.3, 0.4) is 0 Å². The van der Waals surface area contributed by atoms with Crippen LogP contribution in [0.1, 0.15) is 29.7 Å². The number of hydrazone groups is 1. The van der Waals surface area contributed by atoms with Crippen LogP contribution >= 0.6 is 0 Å². The number of methoxy groups -OCH3 is 2. The van der Waals surface area contributed by atoms with E-state index in [0.29, 0.717) is 17.2 Å². The molecule has 0 aliphatic heterocycles. The minimum Gasteiger partial charge on any atom is -0.493 e. The molecule has 0 saturated heterocycles. The summed E-state index contributed by atoms with van der Waals surface area (Å²) in [4.78, 5) is 24.3. The predicted octanol–water partition coefficient (Wildman–Crippen LogP) is 3.65. The topological polar surface area (TPSA) is 98.3 Å². The quantitative estimate of drug-likeness (QED) is 0.326. The summed E-state index contributed by atoms with van der Waals surface area (Å²) in [5, 5.41) is 6.90. The summed E-state index contributed by atoms with van der Waals surface area (Å²) in [5.41, 5.74) is 5.08. The van der Waals surface area contributed by atoms with Gasteiger partial charge in [0.05, 0.1) is 32.9 Å². The van der Waals surface area contributed by atoms with E-state index in [1.807, 2.05) is 37.3 Å². The lowest BCUT2D eigenvalue weighted by Gasteiger charge is -2.14. The molecule has 182 valence electrons. The van der Waals surface area contributed by atoms with Crippen molar-refractivity contribution in [1.29, 1.82) is 0 Å². The average molecular weight is 476 g/mol. The minimum atomic E-state index is -0.260. The molecule has 1 atom stereocenters. The van der Waals surface area contributed by atoms with Crippen LogP contribution < -0.4 is 25.0 Å². The van der Waals surface area contributed by atoms with E-state index in [4.69, 9.17) is 14.2 Å². The molecule has 0 aromatic heterocycles. The molecule has 0 fully saturated rings. The monoisotopic (exact) mass is 475 g/mol. The molecule has 8 heteroatoms. The van der Waals surface area contributed by atoms with Crippen molar-refractivity contribution in [2.24, 2.45) is 5.10 Å². The van der Waals surface area contributed by atoms with Crippen molar-refractivity contribution in [3.63, 3.8) is 0 Å². The van der Waals surface area contributed by atoms with Crippen molar-refractivity contribution in [3.05, 3.63) is 89.5 Å². The maximum Gasteiger partial charge on any atom is 0.258 e. The van der Waals surface area contributed by atoms with Crippen LogP contribution in [0, 0.1) is 0 Å². The standard InChI is InChI=1S/C27H29N3O5/c1-19(22-7-5-4-6-8-22)29-27(32)18-35-23-12-9-20(10-13-23)17-28-30-26(31)16-21-11-14-24(33-2)25(15-21)34-3/h4-15,17,19H,16,18H2,1-3H3,(H,29,32)(H,30,31)/b28-17-/t19-/m0/s1. The summed E-state index contributed by atoms with van der Waals surface area (Å²) in [6, 6.07) is 22.0. The maximum absolute atomic E-state index is 12.2. The fourth-order valence-corrected chi connectivity index (χ4v) is 3.30. The van der Waals surface area contributed by atoms with Crippen LogP contribution in [0.2, 0.25) is 0 Å². The van der Waals surface area contributed by atoms with Gasteiger partial charge >= 0.3 is 0 Å². The fourth-order valence-electron chi connectivity index (χ4n) is 3.30. The number of nitrogens with zero attached hydrogens (tertiary/aromatic N) is 1. The van der Waals surface area contributed by atoms with Crippen molar-refractivity contribution in [2.45, 2.75) is 19.4 Å². The van der Waals surface area contributed by atoms with Gasteiger partial charge in [0.25, 0.3) is 5.91 Å². The molecule has 0 heterocycles. The second-order valence-electron chi connectivity index (χ2n) is 7.72. The van der Waals surface area contributed by atoms with E-state index in [1.54, 1.807) is 56.7 Å². The Morgan fingerprint density at radius 2 is 1.63 bits per heavy atom. The van der Waals surface area contributed by atoms with E-state index in [9.17, 15) is 9.59 Å². The van der Waals surface area contributed by atoms with E-state index >= 15 is 0 Å².